The number of rotatable bonds is 0. The van der Waals surface area contributed by atoms with Gasteiger partial charge < -0.3 is 10.2 Å². The minimum Gasteiger partial charge on any atom is -0.381 e. The maximum atomic E-state index is 13.2. The Morgan fingerprint density at radius 1 is 1.29 bits per heavy atom. The summed E-state index contributed by atoms with van der Waals surface area (Å²) in [6.07, 6.45) is 4.16. The molecule has 3 unspecified atom stereocenters. The van der Waals surface area contributed by atoms with Crippen LogP contribution in [0.2, 0.25) is 0 Å². The molecule has 2 heterocycles. The van der Waals surface area contributed by atoms with Crippen molar-refractivity contribution in [1.82, 2.24) is 0 Å². The number of anilines is 2. The summed E-state index contributed by atoms with van der Waals surface area (Å²) in [5.74, 6) is 1.59. The van der Waals surface area contributed by atoms with E-state index < -0.39 is 0 Å². The van der Waals surface area contributed by atoms with Gasteiger partial charge >= 0.3 is 0 Å². The standard InChI is InChI=1S/C14H17FN2/c15-10-4-5-13-12(6-10)16-7-14-11-3-1-2-9(11)8-17(13)14/h4-6,9,11,14,16H,1-3,7-8H2. The fourth-order valence-electron chi connectivity index (χ4n) is 4.07. The molecule has 1 N–H and O–H groups in total. The van der Waals surface area contributed by atoms with Gasteiger partial charge in [-0.3, -0.25) is 0 Å². The second kappa shape index (κ2) is 3.37. The van der Waals surface area contributed by atoms with Crippen molar-refractivity contribution in [1.29, 1.82) is 0 Å². The zero-order valence-corrected chi connectivity index (χ0v) is 9.82. The van der Waals surface area contributed by atoms with E-state index in [9.17, 15) is 4.39 Å². The van der Waals surface area contributed by atoms with Gasteiger partial charge in [0.25, 0.3) is 0 Å². The van der Waals surface area contributed by atoms with E-state index in [4.69, 9.17) is 0 Å². The van der Waals surface area contributed by atoms with Crippen LogP contribution in [0.3, 0.4) is 0 Å². The van der Waals surface area contributed by atoms with Gasteiger partial charge in [0, 0.05) is 19.1 Å². The molecule has 2 aliphatic heterocycles. The zero-order chi connectivity index (χ0) is 11.4. The Labute approximate surface area is 101 Å². The van der Waals surface area contributed by atoms with Crippen molar-refractivity contribution in [2.45, 2.75) is 25.3 Å². The molecule has 0 spiro atoms. The normalized spacial score (nSPS) is 33.9. The van der Waals surface area contributed by atoms with Gasteiger partial charge in [-0.15, -0.1) is 0 Å². The van der Waals surface area contributed by atoms with Crippen LogP contribution in [0.1, 0.15) is 19.3 Å². The summed E-state index contributed by atoms with van der Waals surface area (Å²) < 4.78 is 13.2. The molecule has 17 heavy (non-hydrogen) atoms. The summed E-state index contributed by atoms with van der Waals surface area (Å²) >= 11 is 0. The lowest BCUT2D eigenvalue weighted by Crippen LogP contribution is -2.42. The third-order valence-corrected chi connectivity index (χ3v) is 4.81. The van der Waals surface area contributed by atoms with Crippen LogP contribution in [-0.4, -0.2) is 19.1 Å². The van der Waals surface area contributed by atoms with Crippen molar-refractivity contribution in [2.24, 2.45) is 11.8 Å². The first kappa shape index (κ1) is 9.75. The number of benzene rings is 1. The van der Waals surface area contributed by atoms with E-state index in [-0.39, 0.29) is 5.82 Å². The van der Waals surface area contributed by atoms with Gasteiger partial charge in [-0.1, -0.05) is 6.42 Å². The minimum absolute atomic E-state index is 0.144. The number of hydrogen-bond donors (Lipinski definition) is 1. The highest BCUT2D eigenvalue weighted by molar-refractivity contribution is 5.73. The Morgan fingerprint density at radius 3 is 3.18 bits per heavy atom. The maximum absolute atomic E-state index is 13.2. The molecular formula is C14H17FN2. The van der Waals surface area contributed by atoms with Crippen LogP contribution in [0, 0.1) is 17.7 Å². The largest absolute Gasteiger partial charge is 0.381 e. The average molecular weight is 232 g/mol. The first-order valence-corrected chi connectivity index (χ1v) is 6.63. The molecule has 0 bridgehead atoms. The van der Waals surface area contributed by atoms with Crippen LogP contribution in [-0.2, 0) is 0 Å². The highest BCUT2D eigenvalue weighted by Crippen LogP contribution is 2.47. The quantitative estimate of drug-likeness (QED) is 0.740. The number of nitrogens with one attached hydrogen (secondary N) is 1. The lowest BCUT2D eigenvalue weighted by atomic mass is 9.93. The predicted molar refractivity (Wildman–Crippen MR) is 66.9 cm³/mol. The first-order chi connectivity index (χ1) is 8.33. The van der Waals surface area contributed by atoms with Crippen LogP contribution >= 0.6 is 0 Å². The predicted octanol–water partition coefficient (Wildman–Crippen LogP) is 2.86. The molecule has 0 aromatic heterocycles. The van der Waals surface area contributed by atoms with E-state index in [0.717, 1.165) is 24.1 Å². The van der Waals surface area contributed by atoms with Crippen molar-refractivity contribution in [3.8, 4) is 0 Å². The SMILES string of the molecule is Fc1ccc2c(c1)NCC1C3CCCC3CN21. The van der Waals surface area contributed by atoms with E-state index in [1.54, 1.807) is 12.1 Å². The summed E-state index contributed by atoms with van der Waals surface area (Å²) in [7, 11) is 0. The van der Waals surface area contributed by atoms with Gasteiger partial charge in [0.15, 0.2) is 0 Å². The molecule has 90 valence electrons. The van der Waals surface area contributed by atoms with Crippen LogP contribution in [0.5, 0.6) is 0 Å². The topological polar surface area (TPSA) is 15.3 Å². The van der Waals surface area contributed by atoms with Crippen molar-refractivity contribution in [2.75, 3.05) is 23.3 Å². The molecule has 0 amide bonds. The van der Waals surface area contributed by atoms with Crippen LogP contribution in [0.15, 0.2) is 18.2 Å². The van der Waals surface area contributed by atoms with Gasteiger partial charge in [-0.2, -0.15) is 0 Å². The summed E-state index contributed by atoms with van der Waals surface area (Å²) in [6, 6.07) is 5.78. The number of nitrogens with zero attached hydrogens (tertiary/aromatic N) is 1. The van der Waals surface area contributed by atoms with E-state index in [0.29, 0.717) is 6.04 Å². The molecule has 0 radical (unpaired) electrons. The minimum atomic E-state index is -0.144. The Balaban J connectivity index is 1.74. The number of fused-ring (bicyclic) bond motifs is 5. The first-order valence-electron chi connectivity index (χ1n) is 6.63. The third kappa shape index (κ3) is 1.31. The van der Waals surface area contributed by atoms with Crippen LogP contribution in [0.4, 0.5) is 15.8 Å². The Morgan fingerprint density at radius 2 is 2.24 bits per heavy atom. The zero-order valence-electron chi connectivity index (χ0n) is 9.82. The summed E-state index contributed by atoms with van der Waals surface area (Å²) in [6.45, 7) is 2.16. The fourth-order valence-corrected chi connectivity index (χ4v) is 4.07. The van der Waals surface area contributed by atoms with E-state index in [1.807, 2.05) is 6.07 Å². The molecule has 3 heteroatoms. The molecule has 2 fully saturated rings. The van der Waals surface area contributed by atoms with Crippen molar-refractivity contribution in [3.63, 3.8) is 0 Å². The van der Waals surface area contributed by atoms with E-state index >= 15 is 0 Å². The van der Waals surface area contributed by atoms with Crippen molar-refractivity contribution < 1.29 is 4.39 Å². The van der Waals surface area contributed by atoms with Crippen LogP contribution in [0.25, 0.3) is 0 Å². The number of halogens is 1. The smallest absolute Gasteiger partial charge is 0.125 e. The molecule has 1 aromatic carbocycles. The lowest BCUT2D eigenvalue weighted by molar-refractivity contribution is 0.429. The second-order valence-electron chi connectivity index (χ2n) is 5.62. The van der Waals surface area contributed by atoms with Crippen molar-refractivity contribution in [3.05, 3.63) is 24.0 Å². The Kier molecular flexibility index (Phi) is 1.93. The summed E-state index contributed by atoms with van der Waals surface area (Å²) in [5.41, 5.74) is 2.18. The highest BCUT2D eigenvalue weighted by atomic mass is 19.1. The van der Waals surface area contributed by atoms with E-state index in [2.05, 4.69) is 10.2 Å². The van der Waals surface area contributed by atoms with Gasteiger partial charge in [0.2, 0.25) is 0 Å². The van der Waals surface area contributed by atoms with Crippen LogP contribution < -0.4 is 10.2 Å². The Bertz CT molecular complexity index is 460. The third-order valence-electron chi connectivity index (χ3n) is 4.81. The average Bonchev–Trinajstić information content (AvgIpc) is 2.88. The molecule has 1 aliphatic carbocycles. The molecule has 2 nitrogen and oxygen atoms in total. The molecule has 4 rings (SSSR count). The molecular weight excluding hydrogens is 215 g/mol. The number of hydrogen-bond acceptors (Lipinski definition) is 2. The Hall–Kier alpha value is -1.25. The molecule has 3 aliphatic rings. The van der Waals surface area contributed by atoms with Gasteiger partial charge in [0.1, 0.15) is 5.82 Å². The molecule has 3 atom stereocenters. The summed E-state index contributed by atoms with van der Waals surface area (Å²) in [5, 5.41) is 3.41. The monoisotopic (exact) mass is 232 g/mol. The van der Waals surface area contributed by atoms with Gasteiger partial charge in [-0.25, -0.2) is 4.39 Å². The van der Waals surface area contributed by atoms with E-state index in [1.165, 1.54) is 31.5 Å². The lowest BCUT2D eigenvalue weighted by Gasteiger charge is -2.36. The van der Waals surface area contributed by atoms with Gasteiger partial charge in [0.05, 0.1) is 11.4 Å². The second-order valence-corrected chi connectivity index (χ2v) is 5.62. The highest BCUT2D eigenvalue weighted by Gasteiger charge is 2.45. The molecule has 1 saturated heterocycles. The van der Waals surface area contributed by atoms with Crippen molar-refractivity contribution >= 4 is 11.4 Å². The summed E-state index contributed by atoms with van der Waals surface area (Å²) in [4.78, 5) is 2.51. The molecule has 1 saturated carbocycles. The fraction of sp³-hybridized carbons (Fsp3) is 0.571. The maximum Gasteiger partial charge on any atom is 0.125 e. The van der Waals surface area contributed by atoms with Gasteiger partial charge in [-0.05, 0) is 42.9 Å². The molecule has 1 aromatic rings.